The average Bonchev–Trinajstić information content (AvgIpc) is 2.17. The van der Waals surface area contributed by atoms with Gasteiger partial charge in [0.05, 0.1) is 5.69 Å². The summed E-state index contributed by atoms with van der Waals surface area (Å²) in [5, 5.41) is 0. The minimum absolute atomic E-state index is 0.105. The normalized spacial score (nSPS) is 11.3. The monoisotopic (exact) mass is 244 g/mol. The highest BCUT2D eigenvalue weighted by molar-refractivity contribution is 7.89. The van der Waals surface area contributed by atoms with Crippen molar-refractivity contribution in [2.45, 2.75) is 11.3 Å². The molecule has 0 amide bonds. The number of hydrogen-bond donors (Lipinski definition) is 2. The number of nitrogens with one attached hydrogen (secondary N) is 1. The summed E-state index contributed by atoms with van der Waals surface area (Å²) in [6.07, 6.45) is 2.11. The van der Waals surface area contributed by atoms with Crippen LogP contribution >= 0.6 is 0 Å². The highest BCUT2D eigenvalue weighted by Crippen LogP contribution is 2.18. The van der Waals surface area contributed by atoms with E-state index in [0.717, 1.165) is 18.2 Å². The Kier molecular flexibility index (Phi) is 4.03. The molecule has 0 radical (unpaired) electrons. The number of anilines is 1. The molecular formula is C10H13FN2O2S. The predicted molar refractivity (Wildman–Crippen MR) is 60.8 cm³/mol. The molecule has 0 bridgehead atoms. The SMILES string of the molecule is C=CCCNS(=O)(=O)c1ccc(F)cc1N. The molecule has 3 N–H and O–H groups in total. The van der Waals surface area contributed by atoms with E-state index >= 15 is 0 Å². The van der Waals surface area contributed by atoms with Gasteiger partial charge in [-0.05, 0) is 24.6 Å². The fourth-order valence-corrected chi connectivity index (χ4v) is 2.30. The first-order valence-corrected chi connectivity index (χ1v) is 6.11. The topological polar surface area (TPSA) is 72.2 Å². The van der Waals surface area contributed by atoms with Gasteiger partial charge in [-0.25, -0.2) is 17.5 Å². The van der Waals surface area contributed by atoms with Crippen LogP contribution in [0.1, 0.15) is 6.42 Å². The summed E-state index contributed by atoms with van der Waals surface area (Å²) in [5.41, 5.74) is 5.33. The van der Waals surface area contributed by atoms with E-state index < -0.39 is 15.8 Å². The molecule has 0 atom stereocenters. The van der Waals surface area contributed by atoms with E-state index in [1.165, 1.54) is 0 Å². The molecule has 4 nitrogen and oxygen atoms in total. The number of sulfonamides is 1. The highest BCUT2D eigenvalue weighted by Gasteiger charge is 2.16. The zero-order chi connectivity index (χ0) is 12.2. The van der Waals surface area contributed by atoms with E-state index in [2.05, 4.69) is 11.3 Å². The van der Waals surface area contributed by atoms with Gasteiger partial charge in [0.2, 0.25) is 10.0 Å². The van der Waals surface area contributed by atoms with Gasteiger partial charge in [0, 0.05) is 6.54 Å². The van der Waals surface area contributed by atoms with E-state index in [4.69, 9.17) is 5.73 Å². The Labute approximate surface area is 94.0 Å². The molecule has 0 saturated carbocycles. The molecule has 0 aliphatic carbocycles. The van der Waals surface area contributed by atoms with Crippen LogP contribution in [-0.2, 0) is 10.0 Å². The van der Waals surface area contributed by atoms with Gasteiger partial charge in [0.1, 0.15) is 10.7 Å². The second kappa shape index (κ2) is 5.09. The maximum atomic E-state index is 12.7. The van der Waals surface area contributed by atoms with Gasteiger partial charge < -0.3 is 5.73 Å². The van der Waals surface area contributed by atoms with Crippen molar-refractivity contribution in [1.82, 2.24) is 4.72 Å². The Morgan fingerprint density at radius 1 is 1.50 bits per heavy atom. The van der Waals surface area contributed by atoms with Crippen LogP contribution in [0, 0.1) is 5.82 Å². The third-order valence-corrected chi connectivity index (χ3v) is 3.44. The summed E-state index contributed by atoms with van der Waals surface area (Å²) in [7, 11) is -3.67. The van der Waals surface area contributed by atoms with Crippen molar-refractivity contribution < 1.29 is 12.8 Å². The number of rotatable bonds is 5. The number of halogens is 1. The maximum Gasteiger partial charge on any atom is 0.242 e. The summed E-state index contributed by atoms with van der Waals surface area (Å²) in [6.45, 7) is 3.71. The summed E-state index contributed by atoms with van der Waals surface area (Å²) in [6, 6.07) is 3.17. The van der Waals surface area contributed by atoms with Gasteiger partial charge in [-0.2, -0.15) is 0 Å². The molecule has 0 unspecified atom stereocenters. The molecule has 0 saturated heterocycles. The Hall–Kier alpha value is -1.40. The summed E-state index contributed by atoms with van der Waals surface area (Å²) in [5.74, 6) is -0.567. The van der Waals surface area contributed by atoms with Crippen molar-refractivity contribution in [1.29, 1.82) is 0 Å². The summed E-state index contributed by atoms with van der Waals surface area (Å²) < 4.78 is 38.5. The fourth-order valence-electron chi connectivity index (χ4n) is 1.14. The van der Waals surface area contributed by atoms with Gasteiger partial charge in [-0.3, -0.25) is 0 Å². The first-order valence-electron chi connectivity index (χ1n) is 4.63. The van der Waals surface area contributed by atoms with Gasteiger partial charge in [-0.1, -0.05) is 6.08 Å². The highest BCUT2D eigenvalue weighted by atomic mass is 32.2. The standard InChI is InChI=1S/C10H13FN2O2S/c1-2-3-6-13-16(14,15)10-5-4-8(11)7-9(10)12/h2,4-5,7,13H,1,3,6,12H2. The zero-order valence-electron chi connectivity index (χ0n) is 8.61. The van der Waals surface area contributed by atoms with Crippen molar-refractivity contribution in [2.75, 3.05) is 12.3 Å². The van der Waals surface area contributed by atoms with Crippen LogP contribution in [0.4, 0.5) is 10.1 Å². The zero-order valence-corrected chi connectivity index (χ0v) is 9.43. The molecule has 0 aromatic heterocycles. The van der Waals surface area contributed by atoms with E-state index in [9.17, 15) is 12.8 Å². The summed E-state index contributed by atoms with van der Waals surface area (Å²) >= 11 is 0. The van der Waals surface area contributed by atoms with Crippen LogP contribution in [-0.4, -0.2) is 15.0 Å². The lowest BCUT2D eigenvalue weighted by atomic mass is 10.3. The average molecular weight is 244 g/mol. The molecule has 6 heteroatoms. The van der Waals surface area contributed by atoms with E-state index in [0.29, 0.717) is 6.42 Å². The quantitative estimate of drug-likeness (QED) is 0.465. The van der Waals surface area contributed by atoms with Gasteiger partial charge in [0.25, 0.3) is 0 Å². The first kappa shape index (κ1) is 12.7. The molecule has 16 heavy (non-hydrogen) atoms. The van der Waals surface area contributed by atoms with Crippen molar-refractivity contribution in [3.05, 3.63) is 36.7 Å². The molecule has 88 valence electrons. The number of nitrogens with two attached hydrogens (primary N) is 1. The lowest BCUT2D eigenvalue weighted by molar-refractivity contribution is 0.582. The van der Waals surface area contributed by atoms with Crippen molar-refractivity contribution >= 4 is 15.7 Å². The van der Waals surface area contributed by atoms with E-state index in [1.807, 2.05) is 0 Å². The second-order valence-corrected chi connectivity index (χ2v) is 4.89. The Morgan fingerprint density at radius 2 is 2.19 bits per heavy atom. The van der Waals surface area contributed by atoms with Gasteiger partial charge in [0.15, 0.2) is 0 Å². The molecule has 0 heterocycles. The Balaban J connectivity index is 2.94. The van der Waals surface area contributed by atoms with Crippen LogP contribution in [0.5, 0.6) is 0 Å². The predicted octanol–water partition coefficient (Wildman–Crippen LogP) is 1.26. The molecular weight excluding hydrogens is 231 g/mol. The summed E-state index contributed by atoms with van der Waals surface area (Å²) in [4.78, 5) is -0.113. The third-order valence-electron chi connectivity index (χ3n) is 1.90. The third kappa shape index (κ3) is 3.04. The minimum Gasteiger partial charge on any atom is -0.398 e. The first-order chi connectivity index (χ1) is 7.47. The molecule has 0 fully saturated rings. The van der Waals surface area contributed by atoms with E-state index in [1.54, 1.807) is 6.08 Å². The number of benzene rings is 1. The molecule has 1 aromatic carbocycles. The lowest BCUT2D eigenvalue weighted by Gasteiger charge is -2.07. The van der Waals surface area contributed by atoms with Crippen molar-refractivity contribution in [3.63, 3.8) is 0 Å². The van der Waals surface area contributed by atoms with Gasteiger partial charge in [-0.15, -0.1) is 6.58 Å². The van der Waals surface area contributed by atoms with Gasteiger partial charge >= 0.3 is 0 Å². The van der Waals surface area contributed by atoms with Crippen LogP contribution in [0.15, 0.2) is 35.7 Å². The molecule has 0 spiro atoms. The number of hydrogen-bond acceptors (Lipinski definition) is 3. The second-order valence-electron chi connectivity index (χ2n) is 3.16. The Morgan fingerprint density at radius 3 is 2.75 bits per heavy atom. The van der Waals surface area contributed by atoms with E-state index in [-0.39, 0.29) is 17.1 Å². The van der Waals surface area contributed by atoms with Crippen molar-refractivity contribution in [2.24, 2.45) is 0 Å². The smallest absolute Gasteiger partial charge is 0.242 e. The maximum absolute atomic E-state index is 12.7. The van der Waals surface area contributed by atoms with Crippen LogP contribution in [0.2, 0.25) is 0 Å². The fraction of sp³-hybridized carbons (Fsp3) is 0.200. The molecule has 0 aliphatic rings. The molecule has 1 aromatic rings. The molecule has 1 rings (SSSR count). The van der Waals surface area contributed by atoms with Crippen molar-refractivity contribution in [3.8, 4) is 0 Å². The number of nitrogen functional groups attached to an aromatic ring is 1. The largest absolute Gasteiger partial charge is 0.398 e. The van der Waals surface area contributed by atoms with Crippen LogP contribution < -0.4 is 10.5 Å². The minimum atomic E-state index is -3.67. The lowest BCUT2D eigenvalue weighted by Crippen LogP contribution is -2.25. The van der Waals surface area contributed by atoms with Crippen LogP contribution in [0.3, 0.4) is 0 Å². The van der Waals surface area contributed by atoms with Crippen LogP contribution in [0.25, 0.3) is 0 Å². The Bertz CT molecular complexity index is 486. The molecule has 0 aliphatic heterocycles.